The molecule has 0 aliphatic heterocycles. The van der Waals surface area contributed by atoms with Crippen LogP contribution in [0.1, 0.15) is 16.7 Å². The number of hydrogen-bond donors (Lipinski definition) is 0. The number of halogens is 3. The molecule has 1 heterocycles. The average molecular weight is 242 g/mol. The van der Waals surface area contributed by atoms with E-state index in [1.165, 1.54) is 6.07 Å². The Morgan fingerprint density at radius 2 is 1.82 bits per heavy atom. The molecule has 1 aromatic heterocycles. The summed E-state index contributed by atoms with van der Waals surface area (Å²) in [5.41, 5.74) is -1.86. The minimum atomic E-state index is -4.57. The molecular weight excluding hydrogens is 233 g/mol. The molecule has 0 aliphatic carbocycles. The SMILES string of the molecule is Cc1c(C(F)(F)F)c2c(C)cccc2oc1=O. The smallest absolute Gasteiger partial charge is 0.417 e. The zero-order valence-corrected chi connectivity index (χ0v) is 9.18. The predicted octanol–water partition coefficient (Wildman–Crippen LogP) is 3.43. The third-order valence-corrected chi connectivity index (χ3v) is 2.65. The quantitative estimate of drug-likeness (QED) is 0.662. The van der Waals surface area contributed by atoms with E-state index < -0.39 is 22.9 Å². The second-order valence-electron chi connectivity index (χ2n) is 3.84. The van der Waals surface area contributed by atoms with Gasteiger partial charge in [0.25, 0.3) is 0 Å². The van der Waals surface area contributed by atoms with Crippen molar-refractivity contribution >= 4 is 11.0 Å². The Morgan fingerprint density at radius 3 is 2.41 bits per heavy atom. The van der Waals surface area contributed by atoms with Gasteiger partial charge in [0.15, 0.2) is 0 Å². The Hall–Kier alpha value is -1.78. The number of rotatable bonds is 0. The minimum absolute atomic E-state index is 0.0343. The molecule has 0 atom stereocenters. The minimum Gasteiger partial charge on any atom is -0.422 e. The third-order valence-electron chi connectivity index (χ3n) is 2.65. The molecule has 5 heteroatoms. The fourth-order valence-electron chi connectivity index (χ4n) is 1.87. The maximum atomic E-state index is 13.0. The summed E-state index contributed by atoms with van der Waals surface area (Å²) in [6.45, 7) is 2.68. The fraction of sp³-hybridized carbons (Fsp3) is 0.250. The second-order valence-corrected chi connectivity index (χ2v) is 3.84. The van der Waals surface area contributed by atoms with Crippen molar-refractivity contribution in [2.75, 3.05) is 0 Å². The van der Waals surface area contributed by atoms with Gasteiger partial charge in [0, 0.05) is 10.9 Å². The highest BCUT2D eigenvalue weighted by Crippen LogP contribution is 2.37. The number of fused-ring (bicyclic) bond motifs is 1. The van der Waals surface area contributed by atoms with Gasteiger partial charge in [-0.15, -0.1) is 0 Å². The molecule has 0 aliphatic rings. The van der Waals surface area contributed by atoms with Crippen LogP contribution >= 0.6 is 0 Å². The highest BCUT2D eigenvalue weighted by Gasteiger charge is 2.36. The van der Waals surface area contributed by atoms with Gasteiger partial charge in [-0.1, -0.05) is 12.1 Å². The Labute approximate surface area is 94.7 Å². The van der Waals surface area contributed by atoms with Crippen molar-refractivity contribution < 1.29 is 17.6 Å². The zero-order chi connectivity index (χ0) is 12.8. The second kappa shape index (κ2) is 3.61. The fourth-order valence-corrected chi connectivity index (χ4v) is 1.87. The van der Waals surface area contributed by atoms with E-state index in [9.17, 15) is 18.0 Å². The van der Waals surface area contributed by atoms with Crippen LogP contribution in [0.25, 0.3) is 11.0 Å². The number of aryl methyl sites for hydroxylation is 1. The van der Waals surface area contributed by atoms with Crippen molar-refractivity contribution in [3.8, 4) is 0 Å². The van der Waals surface area contributed by atoms with E-state index in [1.54, 1.807) is 19.1 Å². The summed E-state index contributed by atoms with van der Waals surface area (Å²) in [6.07, 6.45) is -4.57. The van der Waals surface area contributed by atoms with E-state index in [2.05, 4.69) is 0 Å². The van der Waals surface area contributed by atoms with Crippen LogP contribution in [-0.2, 0) is 6.18 Å². The molecule has 0 bridgehead atoms. The molecule has 0 saturated heterocycles. The number of benzene rings is 1. The van der Waals surface area contributed by atoms with Gasteiger partial charge in [0.05, 0.1) is 5.56 Å². The van der Waals surface area contributed by atoms with Crippen molar-refractivity contribution in [1.82, 2.24) is 0 Å². The first kappa shape index (κ1) is 11.7. The largest absolute Gasteiger partial charge is 0.422 e. The van der Waals surface area contributed by atoms with E-state index in [4.69, 9.17) is 4.42 Å². The van der Waals surface area contributed by atoms with E-state index in [1.807, 2.05) is 0 Å². The standard InChI is InChI=1S/C12H9F3O2/c1-6-4-3-5-8-9(6)10(12(13,14)15)7(2)11(16)17-8/h3-5H,1-2H3. The first-order chi connectivity index (χ1) is 7.82. The van der Waals surface area contributed by atoms with Gasteiger partial charge < -0.3 is 4.42 Å². The molecule has 0 N–H and O–H groups in total. The van der Waals surface area contributed by atoms with Crippen LogP contribution in [0.15, 0.2) is 27.4 Å². The topological polar surface area (TPSA) is 30.2 Å². The van der Waals surface area contributed by atoms with Crippen molar-refractivity contribution in [3.63, 3.8) is 0 Å². The van der Waals surface area contributed by atoms with Crippen LogP contribution in [0.4, 0.5) is 13.2 Å². The summed E-state index contributed by atoms with van der Waals surface area (Å²) < 4.78 is 43.7. The Morgan fingerprint density at radius 1 is 1.18 bits per heavy atom. The molecule has 0 saturated carbocycles. The van der Waals surface area contributed by atoms with Crippen molar-refractivity contribution in [3.05, 3.63) is 45.3 Å². The summed E-state index contributed by atoms with van der Waals surface area (Å²) in [4.78, 5) is 11.3. The van der Waals surface area contributed by atoms with E-state index >= 15 is 0 Å². The molecule has 0 amide bonds. The first-order valence-electron chi connectivity index (χ1n) is 4.92. The summed E-state index contributed by atoms with van der Waals surface area (Å²) >= 11 is 0. The Balaban J connectivity index is 3.07. The maximum Gasteiger partial charge on any atom is 0.417 e. The van der Waals surface area contributed by atoms with Crippen LogP contribution in [0.2, 0.25) is 0 Å². The van der Waals surface area contributed by atoms with Gasteiger partial charge in [0.2, 0.25) is 0 Å². The molecule has 0 spiro atoms. The lowest BCUT2D eigenvalue weighted by Gasteiger charge is -2.13. The Bertz CT molecular complexity index is 638. The van der Waals surface area contributed by atoms with Crippen molar-refractivity contribution in [2.45, 2.75) is 20.0 Å². The van der Waals surface area contributed by atoms with Gasteiger partial charge >= 0.3 is 11.8 Å². The highest BCUT2D eigenvalue weighted by molar-refractivity contribution is 5.85. The molecule has 90 valence electrons. The predicted molar refractivity (Wildman–Crippen MR) is 57.0 cm³/mol. The van der Waals surface area contributed by atoms with E-state index in [0.717, 1.165) is 6.92 Å². The summed E-state index contributed by atoms with van der Waals surface area (Å²) in [5, 5.41) is -0.0444. The number of hydrogen-bond acceptors (Lipinski definition) is 2. The van der Waals surface area contributed by atoms with Crippen LogP contribution in [0.5, 0.6) is 0 Å². The monoisotopic (exact) mass is 242 g/mol. The van der Waals surface area contributed by atoms with Gasteiger partial charge in [0.1, 0.15) is 5.58 Å². The van der Waals surface area contributed by atoms with E-state index in [-0.39, 0.29) is 11.0 Å². The average Bonchev–Trinajstić information content (AvgIpc) is 2.19. The highest BCUT2D eigenvalue weighted by atomic mass is 19.4. The van der Waals surface area contributed by atoms with Crippen LogP contribution in [0, 0.1) is 13.8 Å². The van der Waals surface area contributed by atoms with Gasteiger partial charge in [-0.25, -0.2) is 4.79 Å². The van der Waals surface area contributed by atoms with Crippen molar-refractivity contribution in [1.29, 1.82) is 0 Å². The van der Waals surface area contributed by atoms with Gasteiger partial charge in [-0.2, -0.15) is 13.2 Å². The molecular formula is C12H9F3O2. The maximum absolute atomic E-state index is 13.0. The lowest BCUT2D eigenvalue weighted by atomic mass is 10.0. The van der Waals surface area contributed by atoms with Gasteiger partial charge in [-0.05, 0) is 25.5 Å². The number of alkyl halides is 3. The normalized spacial score (nSPS) is 12.1. The van der Waals surface area contributed by atoms with E-state index in [0.29, 0.717) is 5.56 Å². The molecule has 2 aromatic rings. The Kier molecular flexibility index (Phi) is 2.49. The van der Waals surface area contributed by atoms with Crippen LogP contribution in [0.3, 0.4) is 0 Å². The third kappa shape index (κ3) is 1.81. The molecule has 1 aromatic carbocycles. The molecule has 0 fully saturated rings. The van der Waals surface area contributed by atoms with Crippen LogP contribution < -0.4 is 5.63 Å². The lowest BCUT2D eigenvalue weighted by molar-refractivity contribution is -0.137. The van der Waals surface area contributed by atoms with Crippen LogP contribution in [-0.4, -0.2) is 0 Å². The molecule has 0 unspecified atom stereocenters. The van der Waals surface area contributed by atoms with Crippen molar-refractivity contribution in [2.24, 2.45) is 0 Å². The molecule has 2 nitrogen and oxygen atoms in total. The zero-order valence-electron chi connectivity index (χ0n) is 9.18. The lowest BCUT2D eigenvalue weighted by Crippen LogP contribution is -2.16. The summed E-state index contributed by atoms with van der Waals surface area (Å²) in [7, 11) is 0. The van der Waals surface area contributed by atoms with Gasteiger partial charge in [-0.3, -0.25) is 0 Å². The molecule has 17 heavy (non-hydrogen) atoms. The molecule has 0 radical (unpaired) electrons. The first-order valence-corrected chi connectivity index (χ1v) is 4.92. The summed E-state index contributed by atoms with van der Waals surface area (Å²) in [5.74, 6) is 0. The molecule has 2 rings (SSSR count). The summed E-state index contributed by atoms with van der Waals surface area (Å²) in [6, 6.07) is 4.46.